The number of nitrogen functional groups attached to an aromatic ring is 1. The van der Waals surface area contributed by atoms with Crippen molar-refractivity contribution < 1.29 is 19.8 Å². The third kappa shape index (κ3) is 6.01. The first-order valence-corrected chi connectivity index (χ1v) is 6.24. The molecule has 0 aliphatic heterocycles. The van der Waals surface area contributed by atoms with Gasteiger partial charge in [-0.05, 0) is 44.0 Å². The molecular formula is C8H7Br3N2O4. The van der Waals surface area contributed by atoms with E-state index in [1.165, 1.54) is 0 Å². The molecule has 1 rings (SSSR count). The fraction of sp³-hybridized carbons (Fsp3) is 0. The molecule has 0 spiro atoms. The van der Waals surface area contributed by atoms with Crippen molar-refractivity contribution >= 4 is 65.4 Å². The second kappa shape index (κ2) is 7.64. The van der Waals surface area contributed by atoms with E-state index in [1.807, 2.05) is 12.1 Å². The molecule has 6 nitrogen and oxygen atoms in total. The van der Waals surface area contributed by atoms with Crippen LogP contribution in [-0.4, -0.2) is 22.2 Å². The Hall–Kier alpha value is -0.640. The number of benzene rings is 1. The van der Waals surface area contributed by atoms with Gasteiger partial charge in [-0.15, -0.1) is 0 Å². The van der Waals surface area contributed by atoms with Crippen LogP contribution in [0.3, 0.4) is 0 Å². The monoisotopic (exact) mass is 432 g/mol. The van der Waals surface area contributed by atoms with Crippen LogP contribution in [0.15, 0.2) is 25.6 Å². The van der Waals surface area contributed by atoms with E-state index in [-0.39, 0.29) is 0 Å². The molecule has 94 valence electrons. The van der Waals surface area contributed by atoms with Gasteiger partial charge in [0.2, 0.25) is 0 Å². The summed E-state index contributed by atoms with van der Waals surface area (Å²) in [6.07, 6.45) is 0. The molecule has 0 atom stereocenters. The standard InChI is InChI=1S/C6H5Br3N2.C2H2O4/c7-3-1-4(8)6(11-10)5(9)2-3;3-1(4)2(5)6/h1-2,11H,10H2;(H,3,4)(H,5,6). The van der Waals surface area contributed by atoms with Crippen molar-refractivity contribution in [2.45, 2.75) is 0 Å². The van der Waals surface area contributed by atoms with Gasteiger partial charge in [0.25, 0.3) is 0 Å². The number of hydrogen-bond acceptors (Lipinski definition) is 4. The van der Waals surface area contributed by atoms with Crippen molar-refractivity contribution in [1.29, 1.82) is 0 Å². The van der Waals surface area contributed by atoms with E-state index in [4.69, 9.17) is 25.6 Å². The molecule has 9 heteroatoms. The van der Waals surface area contributed by atoms with E-state index in [1.54, 1.807) is 0 Å². The van der Waals surface area contributed by atoms with Crippen LogP contribution in [0.25, 0.3) is 0 Å². The van der Waals surface area contributed by atoms with Gasteiger partial charge < -0.3 is 15.6 Å². The highest BCUT2D eigenvalue weighted by molar-refractivity contribution is 9.11. The number of carbonyl (C=O) groups is 2. The molecule has 0 saturated heterocycles. The van der Waals surface area contributed by atoms with Crippen molar-refractivity contribution in [2.24, 2.45) is 5.84 Å². The molecule has 0 aromatic heterocycles. The number of aliphatic carboxylic acids is 2. The van der Waals surface area contributed by atoms with Gasteiger partial charge in [0.1, 0.15) is 0 Å². The van der Waals surface area contributed by atoms with E-state index < -0.39 is 11.9 Å². The van der Waals surface area contributed by atoms with Gasteiger partial charge in [0.05, 0.1) is 5.69 Å². The van der Waals surface area contributed by atoms with Gasteiger partial charge in [-0.1, -0.05) is 15.9 Å². The molecule has 0 unspecified atom stereocenters. The molecular weight excluding hydrogens is 428 g/mol. The summed E-state index contributed by atoms with van der Waals surface area (Å²) in [5.74, 6) is 1.63. The van der Waals surface area contributed by atoms with E-state index in [0.29, 0.717) is 0 Å². The Bertz CT molecular complexity index is 404. The zero-order valence-corrected chi connectivity index (χ0v) is 12.8. The summed E-state index contributed by atoms with van der Waals surface area (Å²) in [7, 11) is 0. The summed E-state index contributed by atoms with van der Waals surface area (Å²) in [5, 5.41) is 14.8. The van der Waals surface area contributed by atoms with E-state index >= 15 is 0 Å². The lowest BCUT2D eigenvalue weighted by atomic mass is 10.3. The second-order valence-corrected chi connectivity index (χ2v) is 5.12. The van der Waals surface area contributed by atoms with Crippen LogP contribution in [-0.2, 0) is 9.59 Å². The lowest BCUT2D eigenvalue weighted by Gasteiger charge is -2.05. The molecule has 0 fully saturated rings. The van der Waals surface area contributed by atoms with Gasteiger partial charge in [-0.2, -0.15) is 0 Å². The maximum Gasteiger partial charge on any atom is 0.414 e. The summed E-state index contributed by atoms with van der Waals surface area (Å²) >= 11 is 10.1. The number of anilines is 1. The Morgan fingerprint density at radius 2 is 1.41 bits per heavy atom. The molecule has 5 N–H and O–H groups in total. The Labute approximate surface area is 122 Å². The maximum absolute atomic E-state index is 9.10. The third-order valence-corrected chi connectivity index (χ3v) is 3.04. The number of nitrogens with two attached hydrogens (primary N) is 1. The Balaban J connectivity index is 0.000000366. The minimum Gasteiger partial charge on any atom is -0.473 e. The normalized spacial score (nSPS) is 8.94. The predicted octanol–water partition coefficient (Wildman–Crippen LogP) is 2.42. The summed E-state index contributed by atoms with van der Waals surface area (Å²) in [6.45, 7) is 0. The second-order valence-electron chi connectivity index (χ2n) is 2.50. The van der Waals surface area contributed by atoms with Crippen molar-refractivity contribution in [3.8, 4) is 0 Å². The first kappa shape index (κ1) is 16.4. The minimum atomic E-state index is -1.82. The van der Waals surface area contributed by atoms with Crippen LogP contribution in [0.5, 0.6) is 0 Å². The molecule has 0 bridgehead atoms. The molecule has 0 radical (unpaired) electrons. The smallest absolute Gasteiger partial charge is 0.414 e. The number of rotatable bonds is 1. The predicted molar refractivity (Wildman–Crippen MR) is 72.6 cm³/mol. The highest BCUT2D eigenvalue weighted by Gasteiger charge is 2.04. The highest BCUT2D eigenvalue weighted by atomic mass is 79.9. The van der Waals surface area contributed by atoms with Gasteiger partial charge >= 0.3 is 11.9 Å². The molecule has 0 aliphatic carbocycles. The lowest BCUT2D eigenvalue weighted by molar-refractivity contribution is -0.159. The van der Waals surface area contributed by atoms with Gasteiger partial charge in [0, 0.05) is 13.4 Å². The summed E-state index contributed by atoms with van der Waals surface area (Å²) in [6, 6.07) is 3.83. The number of halogens is 3. The molecule has 0 amide bonds. The topological polar surface area (TPSA) is 113 Å². The van der Waals surface area contributed by atoms with Crippen molar-refractivity contribution in [3.63, 3.8) is 0 Å². The van der Waals surface area contributed by atoms with Crippen LogP contribution in [0, 0.1) is 0 Å². The maximum atomic E-state index is 9.10. The molecule has 1 aromatic rings. The van der Waals surface area contributed by atoms with Crippen LogP contribution >= 0.6 is 47.8 Å². The first-order chi connectivity index (χ1) is 7.79. The van der Waals surface area contributed by atoms with E-state index in [0.717, 1.165) is 19.1 Å². The average molecular weight is 435 g/mol. The van der Waals surface area contributed by atoms with Crippen LogP contribution in [0.4, 0.5) is 5.69 Å². The van der Waals surface area contributed by atoms with Crippen molar-refractivity contribution in [3.05, 3.63) is 25.6 Å². The molecule has 17 heavy (non-hydrogen) atoms. The third-order valence-electron chi connectivity index (χ3n) is 1.33. The van der Waals surface area contributed by atoms with E-state index in [2.05, 4.69) is 53.2 Å². The van der Waals surface area contributed by atoms with Crippen molar-refractivity contribution in [2.75, 3.05) is 5.43 Å². The van der Waals surface area contributed by atoms with Crippen LogP contribution < -0.4 is 11.3 Å². The molecule has 0 saturated carbocycles. The van der Waals surface area contributed by atoms with Gasteiger partial charge in [-0.25, -0.2) is 9.59 Å². The fourth-order valence-corrected chi connectivity index (χ4v) is 3.17. The number of hydrazine groups is 1. The number of carboxylic acids is 2. The lowest BCUT2D eigenvalue weighted by Crippen LogP contribution is -2.09. The van der Waals surface area contributed by atoms with Crippen LogP contribution in [0.1, 0.15) is 0 Å². The minimum absolute atomic E-state index is 0.841. The fourth-order valence-electron chi connectivity index (χ4n) is 0.680. The quantitative estimate of drug-likeness (QED) is 0.307. The first-order valence-electron chi connectivity index (χ1n) is 3.87. The molecule has 1 aromatic carbocycles. The molecule has 0 aliphatic rings. The Morgan fingerprint density at radius 1 is 1.06 bits per heavy atom. The zero-order valence-electron chi connectivity index (χ0n) is 8.08. The largest absolute Gasteiger partial charge is 0.473 e. The highest BCUT2D eigenvalue weighted by Crippen LogP contribution is 2.33. The summed E-state index contributed by atoms with van der Waals surface area (Å²) in [4.78, 5) is 18.2. The van der Waals surface area contributed by atoms with Gasteiger partial charge in [0.15, 0.2) is 0 Å². The Morgan fingerprint density at radius 3 is 1.65 bits per heavy atom. The molecule has 0 heterocycles. The van der Waals surface area contributed by atoms with Gasteiger partial charge in [-0.3, -0.25) is 5.84 Å². The number of hydrogen-bond donors (Lipinski definition) is 4. The Kier molecular flexibility index (Phi) is 7.35. The summed E-state index contributed by atoms with van der Waals surface area (Å²) in [5.41, 5.74) is 3.42. The SMILES string of the molecule is NNc1c(Br)cc(Br)cc1Br.O=C(O)C(=O)O. The number of nitrogens with one attached hydrogen (secondary N) is 1. The average Bonchev–Trinajstić information content (AvgIpc) is 2.17. The van der Waals surface area contributed by atoms with E-state index in [9.17, 15) is 0 Å². The number of carboxylic acid groups (broad SMARTS) is 2. The zero-order chi connectivity index (χ0) is 13.6. The van der Waals surface area contributed by atoms with Crippen LogP contribution in [0.2, 0.25) is 0 Å². The van der Waals surface area contributed by atoms with Crippen molar-refractivity contribution in [1.82, 2.24) is 0 Å². The summed E-state index contributed by atoms with van der Waals surface area (Å²) < 4.78 is 2.83.